The van der Waals surface area contributed by atoms with E-state index in [0.29, 0.717) is 5.69 Å². The molecule has 3 heterocycles. The van der Waals surface area contributed by atoms with Gasteiger partial charge in [-0.1, -0.05) is 55.5 Å². The summed E-state index contributed by atoms with van der Waals surface area (Å²) in [7, 11) is 1.96. The molecule has 0 saturated heterocycles. The van der Waals surface area contributed by atoms with Crippen molar-refractivity contribution in [2.45, 2.75) is 32.1 Å². The average molecular weight is 440 g/mol. The highest BCUT2D eigenvalue weighted by atomic mass is 16.1. The van der Waals surface area contributed by atoms with Crippen LogP contribution in [0.5, 0.6) is 0 Å². The Hall–Kier alpha value is -3.64. The number of hydrogen-bond acceptors (Lipinski definition) is 3. The zero-order valence-electron chi connectivity index (χ0n) is 19.1. The first kappa shape index (κ1) is 21.2. The summed E-state index contributed by atoms with van der Waals surface area (Å²) in [5, 5.41) is 4.33. The maximum atomic E-state index is 13.6. The van der Waals surface area contributed by atoms with E-state index in [-0.39, 0.29) is 11.5 Å². The quantitative estimate of drug-likeness (QED) is 0.303. The van der Waals surface area contributed by atoms with E-state index in [9.17, 15) is 4.79 Å². The van der Waals surface area contributed by atoms with Gasteiger partial charge in [-0.15, -0.1) is 0 Å². The smallest absolute Gasteiger partial charge is 0.278 e. The van der Waals surface area contributed by atoms with E-state index < -0.39 is 0 Å². The molecule has 33 heavy (non-hydrogen) atoms. The van der Waals surface area contributed by atoms with Gasteiger partial charge in [0.2, 0.25) is 0 Å². The van der Waals surface area contributed by atoms with Crippen molar-refractivity contribution < 1.29 is 0 Å². The molecule has 1 aromatic heterocycles. The van der Waals surface area contributed by atoms with Crippen LogP contribution in [0.2, 0.25) is 0 Å². The van der Waals surface area contributed by atoms with Crippen LogP contribution in [0.3, 0.4) is 0 Å². The lowest BCUT2D eigenvalue weighted by molar-refractivity contribution is 0.708. The van der Waals surface area contributed by atoms with Gasteiger partial charge in [0.1, 0.15) is 5.69 Å². The lowest BCUT2D eigenvalue weighted by atomic mass is 9.94. The third-order valence-electron chi connectivity index (χ3n) is 6.38. The van der Waals surface area contributed by atoms with E-state index in [4.69, 9.17) is 4.98 Å². The van der Waals surface area contributed by atoms with Crippen molar-refractivity contribution >= 4 is 10.9 Å². The van der Waals surface area contributed by atoms with Crippen LogP contribution in [0.1, 0.15) is 42.6 Å². The number of nitrogens with zero attached hydrogens (tertiary/aromatic N) is 2. The molecular formula is C27H29N5O. The Balaban J connectivity index is 1.69. The second-order valence-corrected chi connectivity index (χ2v) is 8.47. The van der Waals surface area contributed by atoms with Crippen molar-refractivity contribution in [2.24, 2.45) is 0 Å². The molecule has 0 radical (unpaired) electrons. The van der Waals surface area contributed by atoms with E-state index in [2.05, 4.69) is 46.5 Å². The minimum atomic E-state index is -0.0364. The second-order valence-electron chi connectivity index (χ2n) is 8.47. The molecule has 0 fully saturated rings. The number of benzene rings is 2. The predicted octanol–water partition coefficient (Wildman–Crippen LogP) is 4.84. The van der Waals surface area contributed by atoms with Gasteiger partial charge < -0.3 is 15.3 Å². The summed E-state index contributed by atoms with van der Waals surface area (Å²) < 4.78 is 1.74. The molecule has 5 rings (SSSR count). The molecule has 2 aliphatic rings. The van der Waals surface area contributed by atoms with E-state index in [1.54, 1.807) is 4.57 Å². The number of rotatable bonds is 8. The highest BCUT2D eigenvalue weighted by molar-refractivity contribution is 5.94. The monoisotopic (exact) mass is 439 g/mol. The highest BCUT2D eigenvalue weighted by Gasteiger charge is 2.25. The third kappa shape index (κ3) is 3.87. The van der Waals surface area contributed by atoms with E-state index in [0.717, 1.165) is 65.0 Å². The number of imidazole rings is 1. The Labute approximate surface area is 193 Å². The molecule has 0 amide bonds. The molecule has 6 heteroatoms. The number of para-hydroxylation sites is 1. The number of aromatic amines is 2. The van der Waals surface area contributed by atoms with Crippen LogP contribution in [-0.2, 0) is 6.42 Å². The molecule has 1 unspecified atom stereocenters. The lowest BCUT2D eigenvalue weighted by Crippen LogP contribution is -2.19. The van der Waals surface area contributed by atoms with E-state index in [1.807, 2.05) is 49.8 Å². The molecule has 168 valence electrons. The first-order valence-corrected chi connectivity index (χ1v) is 11.6. The molecule has 0 aliphatic carbocycles. The Morgan fingerprint density at radius 1 is 1.09 bits per heavy atom. The van der Waals surface area contributed by atoms with Gasteiger partial charge in [-0.25, -0.2) is 4.98 Å². The third-order valence-corrected chi connectivity index (χ3v) is 6.38. The summed E-state index contributed by atoms with van der Waals surface area (Å²) in [5.74, 6) is 0.698. The van der Waals surface area contributed by atoms with Crippen molar-refractivity contribution in [1.82, 2.24) is 24.8 Å². The van der Waals surface area contributed by atoms with Crippen molar-refractivity contribution in [1.29, 1.82) is 0 Å². The normalized spacial score (nSPS) is 12.5. The molecule has 0 bridgehead atoms. The standard InChI is InChI=1S/C27H29N5O/c1-3-19(18-10-5-4-6-11-18)25-27(33)32-17-24(21-16-29-22-13-8-7-12-20(21)22)30-23(26(32)31-25)14-9-15-28-2/h4-8,10-13,16-17,19,28-30H,3,9,14-15H2,1-2H3. The predicted molar refractivity (Wildman–Crippen MR) is 133 cm³/mol. The number of aryl methyl sites for hydroxylation is 1. The zero-order chi connectivity index (χ0) is 22.8. The van der Waals surface area contributed by atoms with Gasteiger partial charge in [0.15, 0.2) is 5.82 Å². The Morgan fingerprint density at radius 3 is 2.67 bits per heavy atom. The minimum absolute atomic E-state index is 0.0275. The van der Waals surface area contributed by atoms with Crippen LogP contribution in [0, 0.1) is 0 Å². The molecule has 2 aromatic carbocycles. The van der Waals surface area contributed by atoms with Gasteiger partial charge in [0.05, 0.1) is 11.4 Å². The molecular weight excluding hydrogens is 410 g/mol. The van der Waals surface area contributed by atoms with Crippen LogP contribution in [-0.4, -0.2) is 33.1 Å². The van der Waals surface area contributed by atoms with E-state index >= 15 is 0 Å². The molecule has 2 aliphatic heterocycles. The lowest BCUT2D eigenvalue weighted by Gasteiger charge is -2.12. The fraction of sp³-hybridized carbons (Fsp3) is 0.259. The van der Waals surface area contributed by atoms with Gasteiger partial charge in [0, 0.05) is 34.8 Å². The first-order chi connectivity index (χ1) is 16.2. The van der Waals surface area contributed by atoms with Crippen LogP contribution in [0.15, 0.2) is 71.8 Å². The maximum absolute atomic E-state index is 13.6. The van der Waals surface area contributed by atoms with Gasteiger partial charge in [-0.3, -0.25) is 9.36 Å². The number of nitrogens with one attached hydrogen (secondary N) is 3. The maximum Gasteiger partial charge on any atom is 0.278 e. The highest BCUT2D eigenvalue weighted by Crippen LogP contribution is 2.31. The summed E-state index contributed by atoms with van der Waals surface area (Å²) in [4.78, 5) is 25.5. The molecule has 6 nitrogen and oxygen atoms in total. The van der Waals surface area contributed by atoms with Gasteiger partial charge in [0.25, 0.3) is 5.56 Å². The summed E-state index contributed by atoms with van der Waals surface area (Å²) in [6.07, 6.45) is 6.48. The fourth-order valence-electron chi connectivity index (χ4n) is 4.69. The van der Waals surface area contributed by atoms with Crippen LogP contribution in [0.4, 0.5) is 0 Å². The van der Waals surface area contributed by atoms with Crippen molar-refractivity contribution in [3.05, 3.63) is 94.3 Å². The summed E-state index contributed by atoms with van der Waals surface area (Å²) >= 11 is 0. The second kappa shape index (κ2) is 9.08. The Bertz CT molecular complexity index is 1400. The average Bonchev–Trinajstić information content (AvgIpc) is 3.42. The largest absolute Gasteiger partial charge is 0.360 e. The Morgan fingerprint density at radius 2 is 1.88 bits per heavy atom. The molecule has 3 aromatic rings. The van der Waals surface area contributed by atoms with Gasteiger partial charge >= 0.3 is 0 Å². The molecule has 0 saturated carbocycles. The van der Waals surface area contributed by atoms with Crippen LogP contribution in [0.25, 0.3) is 28.0 Å². The van der Waals surface area contributed by atoms with Crippen molar-refractivity contribution in [3.8, 4) is 17.1 Å². The van der Waals surface area contributed by atoms with Crippen molar-refractivity contribution in [2.75, 3.05) is 13.6 Å². The van der Waals surface area contributed by atoms with E-state index in [1.165, 1.54) is 0 Å². The minimum Gasteiger partial charge on any atom is -0.360 e. The number of hydrogen-bond donors (Lipinski definition) is 3. The zero-order valence-corrected chi connectivity index (χ0v) is 19.1. The summed E-state index contributed by atoms with van der Waals surface area (Å²) in [6.45, 7) is 3.01. The molecule has 0 spiro atoms. The molecule has 1 atom stereocenters. The number of aromatic nitrogens is 4. The summed E-state index contributed by atoms with van der Waals surface area (Å²) in [5.41, 5.74) is 5.72. The fourth-order valence-corrected chi connectivity index (χ4v) is 4.69. The number of fused-ring (bicyclic) bond motifs is 2. The van der Waals surface area contributed by atoms with Gasteiger partial charge in [-0.2, -0.15) is 0 Å². The molecule has 3 N–H and O–H groups in total. The van der Waals surface area contributed by atoms with Gasteiger partial charge in [-0.05, 0) is 44.5 Å². The summed E-state index contributed by atoms with van der Waals surface area (Å²) in [6, 6.07) is 18.4. The van der Waals surface area contributed by atoms with Crippen LogP contribution >= 0.6 is 0 Å². The van der Waals surface area contributed by atoms with Crippen LogP contribution < -0.4 is 10.9 Å². The van der Waals surface area contributed by atoms with Crippen molar-refractivity contribution in [3.63, 3.8) is 0 Å². The SMILES string of the molecule is CCC(c1ccccc1)c1nc2c(CCCNC)[nH]c(-c3c[nH]c4ccccc34)cn-2c1=O. The topological polar surface area (TPSA) is 78.5 Å². The number of H-pyrrole nitrogens is 2. The Kier molecular flexibility index (Phi) is 5.84. The first-order valence-electron chi connectivity index (χ1n) is 11.6.